The first-order valence-electron chi connectivity index (χ1n) is 6.76. The minimum absolute atomic E-state index is 0. The number of aryl methyl sites for hydroxylation is 2. The summed E-state index contributed by atoms with van der Waals surface area (Å²) < 4.78 is 9.12. The highest BCUT2D eigenvalue weighted by Gasteiger charge is 2.06. The summed E-state index contributed by atoms with van der Waals surface area (Å²) in [4.78, 5) is 11.7. The van der Waals surface area contributed by atoms with E-state index in [1.165, 1.54) is 18.1 Å². The molecule has 0 radical (unpaired) electrons. The molecule has 0 fully saturated rings. The molecule has 0 spiro atoms. The zero-order valence-electron chi connectivity index (χ0n) is 12.3. The molecule has 2 aromatic rings. The van der Waals surface area contributed by atoms with Gasteiger partial charge in [-0.05, 0) is 10.4 Å². The number of aromatic nitrogens is 5. The lowest BCUT2D eigenvalue weighted by Gasteiger charge is -2.04. The topological polar surface area (TPSA) is 73.8 Å². The number of rotatable bonds is 8. The highest BCUT2D eigenvalue weighted by molar-refractivity contribution is 8.13. The van der Waals surface area contributed by atoms with E-state index in [1.807, 2.05) is 24.5 Å². The summed E-state index contributed by atoms with van der Waals surface area (Å²) in [5.74, 6) is 1.33. The Hall–Kier alpha value is -1.48. The molecule has 0 unspecified atom stereocenters. The largest absolute Gasteiger partial charge is 1.00 e. The van der Waals surface area contributed by atoms with Crippen molar-refractivity contribution in [1.82, 2.24) is 20.2 Å². The maximum absolute atomic E-state index is 11.7. The number of thioether (sulfide) groups is 1. The third-order valence-corrected chi connectivity index (χ3v) is 3.50. The zero-order valence-corrected chi connectivity index (χ0v) is 14.7. The van der Waals surface area contributed by atoms with E-state index in [0.29, 0.717) is 18.0 Å². The number of ether oxygens (including phenoxy) is 1. The molecule has 0 aliphatic rings. The molecule has 0 atom stereocenters. The molecule has 9 heteroatoms. The number of carbonyl (C=O) groups excluding carboxylic acids is 1. The van der Waals surface area contributed by atoms with Crippen LogP contribution in [0.5, 0.6) is 5.75 Å². The Kier molecular flexibility index (Phi) is 8.68. The van der Waals surface area contributed by atoms with Crippen LogP contribution in [0.2, 0.25) is 0 Å². The Labute approximate surface area is 143 Å². The molecule has 0 aliphatic carbocycles. The third-order valence-electron chi connectivity index (χ3n) is 2.67. The normalized spacial score (nSPS) is 10.0. The summed E-state index contributed by atoms with van der Waals surface area (Å²) in [6.07, 6.45) is 6.51. The summed E-state index contributed by atoms with van der Waals surface area (Å²) in [5.41, 5.74) is 0. The summed E-state index contributed by atoms with van der Waals surface area (Å²) in [7, 11) is 0. The maximum Gasteiger partial charge on any atom is 0.226 e. The zero-order chi connectivity index (χ0) is 14.9. The Bertz CT molecular complexity index is 550. The monoisotopic (exact) mass is 387 g/mol. The Morgan fingerprint density at radius 1 is 1.41 bits per heavy atom. The van der Waals surface area contributed by atoms with Crippen LogP contribution in [-0.2, 0) is 17.9 Å². The van der Waals surface area contributed by atoms with Gasteiger partial charge in [0.15, 0.2) is 19.0 Å². The van der Waals surface area contributed by atoms with E-state index < -0.39 is 0 Å². The number of nitrogens with zero attached hydrogens (tertiary/aromatic N) is 5. The standard InChI is InChI=1S/C13H18N5O2S.BrH/c1-2-5-17-6-3-12(4-7-17)20-10-13(19)21-9-8-18-11-14-15-16-18;/h3-4,6-7,11H,2,5,8-10H2,1H3;1H/q+1;/p-1. The second kappa shape index (κ2) is 10.3. The number of hydrogen-bond acceptors (Lipinski definition) is 6. The minimum atomic E-state index is -0.00615. The number of pyridine rings is 1. The van der Waals surface area contributed by atoms with Gasteiger partial charge in [0, 0.05) is 24.3 Å². The van der Waals surface area contributed by atoms with Crippen molar-refractivity contribution in [3.05, 3.63) is 30.9 Å². The number of carbonyl (C=O) groups is 1. The van der Waals surface area contributed by atoms with E-state index in [0.717, 1.165) is 13.0 Å². The molecule has 0 bridgehead atoms. The Balaban J connectivity index is 0.00000242. The van der Waals surface area contributed by atoms with E-state index >= 15 is 0 Å². The van der Waals surface area contributed by atoms with Crippen LogP contribution >= 0.6 is 11.8 Å². The summed E-state index contributed by atoms with van der Waals surface area (Å²) in [6, 6.07) is 3.74. The lowest BCUT2D eigenvalue weighted by atomic mass is 10.4. The molecule has 22 heavy (non-hydrogen) atoms. The van der Waals surface area contributed by atoms with Crippen molar-refractivity contribution in [3.63, 3.8) is 0 Å². The highest BCUT2D eigenvalue weighted by atomic mass is 79.9. The molecule has 0 amide bonds. The van der Waals surface area contributed by atoms with Crippen molar-refractivity contribution in [2.24, 2.45) is 0 Å². The SMILES string of the molecule is CCC[n+]1ccc(OCC(=O)SCCn2cnnn2)cc1.[Br-]. The van der Waals surface area contributed by atoms with Crippen molar-refractivity contribution in [2.45, 2.75) is 26.4 Å². The minimum Gasteiger partial charge on any atom is -1.00 e. The molecule has 2 aromatic heterocycles. The maximum atomic E-state index is 11.7. The predicted molar refractivity (Wildman–Crippen MR) is 77.7 cm³/mol. The van der Waals surface area contributed by atoms with Gasteiger partial charge in [0.05, 0.1) is 6.54 Å². The van der Waals surface area contributed by atoms with Gasteiger partial charge >= 0.3 is 0 Å². The molecular weight excluding hydrogens is 370 g/mol. The summed E-state index contributed by atoms with van der Waals surface area (Å²) in [5, 5.41) is 10.8. The van der Waals surface area contributed by atoms with E-state index in [9.17, 15) is 4.79 Å². The van der Waals surface area contributed by atoms with Crippen molar-refractivity contribution in [2.75, 3.05) is 12.4 Å². The van der Waals surface area contributed by atoms with Crippen LogP contribution in [-0.4, -0.2) is 37.7 Å². The first kappa shape index (κ1) is 18.6. The average Bonchev–Trinajstić information content (AvgIpc) is 3.00. The van der Waals surface area contributed by atoms with E-state index in [-0.39, 0.29) is 28.7 Å². The van der Waals surface area contributed by atoms with Gasteiger partial charge in [0.2, 0.25) is 5.12 Å². The fraction of sp³-hybridized carbons (Fsp3) is 0.462. The van der Waals surface area contributed by atoms with Crippen LogP contribution in [0.15, 0.2) is 30.9 Å². The van der Waals surface area contributed by atoms with Gasteiger partial charge in [-0.15, -0.1) is 5.10 Å². The molecule has 0 N–H and O–H groups in total. The van der Waals surface area contributed by atoms with Gasteiger partial charge in [0.1, 0.15) is 18.6 Å². The number of hydrogen-bond donors (Lipinski definition) is 0. The second-order valence-electron chi connectivity index (χ2n) is 4.35. The van der Waals surface area contributed by atoms with Gasteiger partial charge in [0.25, 0.3) is 0 Å². The van der Waals surface area contributed by atoms with E-state index in [2.05, 4.69) is 27.0 Å². The fourth-order valence-electron chi connectivity index (χ4n) is 1.67. The predicted octanol–water partition coefficient (Wildman–Crippen LogP) is -2.29. The molecule has 0 aliphatic heterocycles. The van der Waals surface area contributed by atoms with Crippen molar-refractivity contribution < 1.29 is 31.1 Å². The van der Waals surface area contributed by atoms with Gasteiger partial charge in [-0.3, -0.25) is 4.79 Å². The average molecular weight is 388 g/mol. The molecule has 7 nitrogen and oxygen atoms in total. The van der Waals surface area contributed by atoms with Gasteiger partial charge in [-0.2, -0.15) is 0 Å². The molecule has 120 valence electrons. The lowest BCUT2D eigenvalue weighted by Crippen LogP contribution is -3.00. The second-order valence-corrected chi connectivity index (χ2v) is 5.51. The third kappa shape index (κ3) is 6.52. The van der Waals surface area contributed by atoms with Gasteiger partial charge < -0.3 is 21.7 Å². The van der Waals surface area contributed by atoms with Crippen LogP contribution in [0.1, 0.15) is 13.3 Å². The Morgan fingerprint density at radius 2 is 2.18 bits per heavy atom. The molecule has 2 heterocycles. The van der Waals surface area contributed by atoms with Crippen LogP contribution < -0.4 is 26.3 Å². The Morgan fingerprint density at radius 3 is 2.82 bits per heavy atom. The van der Waals surface area contributed by atoms with Crippen LogP contribution in [0.3, 0.4) is 0 Å². The van der Waals surface area contributed by atoms with E-state index in [1.54, 1.807) is 4.68 Å². The molecule has 2 rings (SSSR count). The van der Waals surface area contributed by atoms with Gasteiger partial charge in [-0.1, -0.05) is 18.7 Å². The first-order valence-corrected chi connectivity index (χ1v) is 7.75. The highest BCUT2D eigenvalue weighted by Crippen LogP contribution is 2.09. The van der Waals surface area contributed by atoms with E-state index in [4.69, 9.17) is 4.74 Å². The summed E-state index contributed by atoms with van der Waals surface area (Å²) >= 11 is 1.22. The van der Waals surface area contributed by atoms with Crippen molar-refractivity contribution >= 4 is 16.9 Å². The number of halogens is 1. The van der Waals surface area contributed by atoms with Crippen molar-refractivity contribution in [1.29, 1.82) is 0 Å². The molecule has 0 aromatic carbocycles. The molecule has 0 saturated carbocycles. The first-order chi connectivity index (χ1) is 10.3. The van der Waals surface area contributed by atoms with Gasteiger partial charge in [-0.25, -0.2) is 9.25 Å². The quantitative estimate of drug-likeness (QED) is 0.475. The van der Waals surface area contributed by atoms with Crippen LogP contribution in [0, 0.1) is 0 Å². The van der Waals surface area contributed by atoms with Crippen LogP contribution in [0.25, 0.3) is 0 Å². The smallest absolute Gasteiger partial charge is 0.226 e. The lowest BCUT2D eigenvalue weighted by molar-refractivity contribution is -0.697. The number of tetrazole rings is 1. The molecule has 0 saturated heterocycles. The molecular formula is C13H18BrN5O2S. The van der Waals surface area contributed by atoms with Crippen molar-refractivity contribution in [3.8, 4) is 5.75 Å². The fourth-order valence-corrected chi connectivity index (χ4v) is 2.32. The van der Waals surface area contributed by atoms with Crippen LogP contribution in [0.4, 0.5) is 0 Å². The summed E-state index contributed by atoms with van der Waals surface area (Å²) in [6.45, 7) is 3.78.